The molecule has 0 aliphatic carbocycles. The minimum absolute atomic E-state index is 0.0510. The molecule has 0 saturated carbocycles. The van der Waals surface area contributed by atoms with Crippen LogP contribution in [0.2, 0.25) is 0 Å². The maximum absolute atomic E-state index is 12.0. The zero-order chi connectivity index (χ0) is 25.2. The highest BCUT2D eigenvalue weighted by Crippen LogP contribution is 2.33. The molecule has 1 aromatic carbocycles. The number of aldehydes is 2. The van der Waals surface area contributed by atoms with E-state index in [1.165, 1.54) is 26.2 Å². The van der Waals surface area contributed by atoms with Crippen molar-refractivity contribution in [3.05, 3.63) is 63.8 Å². The summed E-state index contributed by atoms with van der Waals surface area (Å²) in [5.74, 6) is 0.801. The number of nitro groups is 1. The SMILES string of the molecule is CC(C)(C)n1nc(-c2ccc([N+](=O)[O-])cc2)c(C=O)c1Nc1cccc(C=O)n1.CN.CN. The molecule has 3 rings (SSSR count). The van der Waals surface area contributed by atoms with Gasteiger partial charge in [-0.05, 0) is 59.1 Å². The van der Waals surface area contributed by atoms with Crippen LogP contribution < -0.4 is 16.8 Å². The topological polar surface area (TPSA) is 172 Å². The summed E-state index contributed by atoms with van der Waals surface area (Å²) in [5, 5.41) is 18.6. The summed E-state index contributed by atoms with van der Waals surface area (Å²) in [6.07, 6.45) is 1.31. The molecule has 11 nitrogen and oxygen atoms in total. The molecule has 0 spiro atoms. The molecule has 0 unspecified atom stereocenters. The van der Waals surface area contributed by atoms with Gasteiger partial charge in [-0.25, -0.2) is 9.67 Å². The first-order chi connectivity index (χ1) is 15.7. The maximum atomic E-state index is 12.0. The number of benzene rings is 1. The van der Waals surface area contributed by atoms with Crippen molar-refractivity contribution in [1.29, 1.82) is 0 Å². The number of nitrogens with two attached hydrogens (primary N) is 2. The highest BCUT2D eigenvalue weighted by atomic mass is 16.6. The van der Waals surface area contributed by atoms with Crippen molar-refractivity contribution in [2.24, 2.45) is 11.5 Å². The largest absolute Gasteiger partial charge is 0.333 e. The van der Waals surface area contributed by atoms with E-state index in [1.807, 2.05) is 20.8 Å². The standard InChI is InChI=1S/C20H19N5O4.2CH5N/c1-20(2,3)24-19(22-17-6-4-5-14(11-26)21-17)16(12-27)18(23-24)13-7-9-15(10-8-13)25(28)29;2*1-2/h4-12H,1-3H3,(H,21,22);2*2H2,1H3. The highest BCUT2D eigenvalue weighted by Gasteiger charge is 2.26. The fraction of sp³-hybridized carbons (Fsp3) is 0.273. The Labute approximate surface area is 192 Å². The summed E-state index contributed by atoms with van der Waals surface area (Å²) in [7, 11) is 3.00. The number of rotatable bonds is 6. The van der Waals surface area contributed by atoms with E-state index in [2.05, 4.69) is 26.9 Å². The van der Waals surface area contributed by atoms with E-state index >= 15 is 0 Å². The third-order valence-electron chi connectivity index (χ3n) is 4.16. The lowest BCUT2D eigenvalue weighted by atomic mass is 10.1. The van der Waals surface area contributed by atoms with Crippen LogP contribution in [0.4, 0.5) is 17.3 Å². The molecule has 5 N–H and O–H groups in total. The molecule has 33 heavy (non-hydrogen) atoms. The van der Waals surface area contributed by atoms with Gasteiger partial charge in [-0.1, -0.05) is 6.07 Å². The number of carbonyl (C=O) groups is 2. The molecule has 0 fully saturated rings. The van der Waals surface area contributed by atoms with Gasteiger partial charge < -0.3 is 16.8 Å². The number of nitrogens with zero attached hydrogens (tertiary/aromatic N) is 4. The van der Waals surface area contributed by atoms with Crippen molar-refractivity contribution in [3.63, 3.8) is 0 Å². The minimum atomic E-state index is -0.489. The van der Waals surface area contributed by atoms with E-state index in [9.17, 15) is 19.7 Å². The van der Waals surface area contributed by atoms with Crippen LogP contribution in [0.5, 0.6) is 0 Å². The van der Waals surface area contributed by atoms with E-state index in [-0.39, 0.29) is 16.9 Å². The van der Waals surface area contributed by atoms with E-state index < -0.39 is 10.5 Å². The molecule has 11 heteroatoms. The molecule has 0 bridgehead atoms. The van der Waals surface area contributed by atoms with Gasteiger partial charge in [0.25, 0.3) is 5.69 Å². The Kier molecular flexibility index (Phi) is 9.99. The van der Waals surface area contributed by atoms with Crippen molar-refractivity contribution in [2.75, 3.05) is 19.4 Å². The second kappa shape index (κ2) is 12.2. The second-order valence-electron chi connectivity index (χ2n) is 7.31. The number of hydrogen-bond acceptors (Lipinski definition) is 9. The van der Waals surface area contributed by atoms with Crippen LogP contribution in [0.1, 0.15) is 41.6 Å². The van der Waals surface area contributed by atoms with Gasteiger partial charge in [0, 0.05) is 17.7 Å². The van der Waals surface area contributed by atoms with E-state index in [0.29, 0.717) is 35.5 Å². The zero-order valence-corrected chi connectivity index (χ0v) is 19.3. The molecule has 0 atom stereocenters. The van der Waals surface area contributed by atoms with Gasteiger partial charge in [0.15, 0.2) is 12.6 Å². The van der Waals surface area contributed by atoms with E-state index in [4.69, 9.17) is 0 Å². The molecule has 0 saturated heterocycles. The molecule has 0 aliphatic heterocycles. The second-order valence-corrected chi connectivity index (χ2v) is 7.31. The first-order valence-electron chi connectivity index (χ1n) is 9.93. The van der Waals surface area contributed by atoms with Crippen molar-refractivity contribution in [1.82, 2.24) is 14.8 Å². The summed E-state index contributed by atoms with van der Waals surface area (Å²) >= 11 is 0. The van der Waals surface area contributed by atoms with Crippen LogP contribution in [0.3, 0.4) is 0 Å². The summed E-state index contributed by atoms with van der Waals surface area (Å²) in [6, 6.07) is 10.7. The molecule has 0 radical (unpaired) electrons. The molecular formula is C22H29N7O4. The van der Waals surface area contributed by atoms with Crippen LogP contribution >= 0.6 is 0 Å². The van der Waals surface area contributed by atoms with Crippen molar-refractivity contribution in [2.45, 2.75) is 26.3 Å². The molecule has 3 aromatic rings. The van der Waals surface area contributed by atoms with Gasteiger partial charge >= 0.3 is 0 Å². The Hall–Kier alpha value is -3.96. The summed E-state index contributed by atoms with van der Waals surface area (Å²) in [4.78, 5) is 37.6. The Morgan fingerprint density at radius 1 is 1.00 bits per heavy atom. The number of carbonyl (C=O) groups excluding carboxylic acids is 2. The van der Waals surface area contributed by atoms with Gasteiger partial charge in [0.2, 0.25) is 0 Å². The normalized spacial score (nSPS) is 10.2. The molecular weight excluding hydrogens is 426 g/mol. The number of anilines is 2. The zero-order valence-electron chi connectivity index (χ0n) is 19.3. The lowest BCUT2D eigenvalue weighted by molar-refractivity contribution is -0.384. The van der Waals surface area contributed by atoms with Crippen molar-refractivity contribution >= 4 is 29.9 Å². The molecule has 2 heterocycles. The summed E-state index contributed by atoms with van der Waals surface area (Å²) < 4.78 is 1.66. The van der Waals surface area contributed by atoms with Gasteiger partial charge in [0.1, 0.15) is 23.0 Å². The number of nitrogens with one attached hydrogen (secondary N) is 1. The number of non-ortho nitro benzene ring substituents is 1. The van der Waals surface area contributed by atoms with Crippen LogP contribution in [0, 0.1) is 10.1 Å². The first kappa shape index (κ1) is 27.1. The quantitative estimate of drug-likeness (QED) is 0.287. The maximum Gasteiger partial charge on any atom is 0.269 e. The molecule has 2 aromatic heterocycles. The Balaban J connectivity index is 0.00000129. The predicted molar refractivity (Wildman–Crippen MR) is 128 cm³/mol. The predicted octanol–water partition coefficient (Wildman–Crippen LogP) is 3.13. The lowest BCUT2D eigenvalue weighted by Gasteiger charge is -2.22. The molecule has 0 amide bonds. The molecule has 176 valence electrons. The third kappa shape index (κ3) is 6.51. The van der Waals surface area contributed by atoms with Gasteiger partial charge in [-0.2, -0.15) is 5.10 Å². The summed E-state index contributed by atoms with van der Waals surface area (Å²) in [5.41, 5.74) is 9.95. The monoisotopic (exact) mass is 455 g/mol. The Morgan fingerprint density at radius 2 is 1.61 bits per heavy atom. The Bertz CT molecular complexity index is 1090. The van der Waals surface area contributed by atoms with Gasteiger partial charge in [0.05, 0.1) is 16.0 Å². The number of aromatic nitrogens is 3. The summed E-state index contributed by atoms with van der Waals surface area (Å²) in [6.45, 7) is 5.78. The number of nitro benzene ring substituents is 1. The Morgan fingerprint density at radius 3 is 2.09 bits per heavy atom. The average molecular weight is 456 g/mol. The average Bonchev–Trinajstić information content (AvgIpc) is 3.20. The fourth-order valence-electron chi connectivity index (χ4n) is 2.81. The number of pyridine rings is 1. The molecule has 0 aliphatic rings. The van der Waals surface area contributed by atoms with Crippen molar-refractivity contribution < 1.29 is 14.5 Å². The van der Waals surface area contributed by atoms with Crippen LogP contribution in [-0.4, -0.2) is 46.4 Å². The third-order valence-corrected chi connectivity index (χ3v) is 4.16. The first-order valence-corrected chi connectivity index (χ1v) is 9.93. The van der Waals surface area contributed by atoms with Gasteiger partial charge in [-0.3, -0.25) is 19.7 Å². The fourth-order valence-corrected chi connectivity index (χ4v) is 2.81. The number of hydrogen-bond donors (Lipinski definition) is 3. The van der Waals surface area contributed by atoms with Crippen LogP contribution in [0.25, 0.3) is 11.3 Å². The van der Waals surface area contributed by atoms with Gasteiger partial charge in [-0.15, -0.1) is 0 Å². The van der Waals surface area contributed by atoms with E-state index in [1.54, 1.807) is 35.0 Å². The van der Waals surface area contributed by atoms with Crippen molar-refractivity contribution in [3.8, 4) is 11.3 Å². The van der Waals surface area contributed by atoms with Crippen LogP contribution in [-0.2, 0) is 5.54 Å². The van der Waals surface area contributed by atoms with Crippen LogP contribution in [0.15, 0.2) is 42.5 Å². The smallest absolute Gasteiger partial charge is 0.269 e. The minimum Gasteiger partial charge on any atom is -0.333 e. The highest BCUT2D eigenvalue weighted by molar-refractivity contribution is 5.93. The van der Waals surface area contributed by atoms with E-state index in [0.717, 1.165) is 0 Å². The lowest BCUT2D eigenvalue weighted by Crippen LogP contribution is -2.25.